The Labute approximate surface area is 97.2 Å². The van der Waals surface area contributed by atoms with Crippen LogP contribution in [0.25, 0.3) is 0 Å². The van der Waals surface area contributed by atoms with Crippen LogP contribution < -0.4 is 10.6 Å². The van der Waals surface area contributed by atoms with Crippen LogP contribution in [0.5, 0.6) is 0 Å². The summed E-state index contributed by atoms with van der Waals surface area (Å²) in [5.41, 5.74) is 0. The molecule has 1 aliphatic rings. The summed E-state index contributed by atoms with van der Waals surface area (Å²) in [6.07, 6.45) is 4.00. The van der Waals surface area contributed by atoms with Gasteiger partial charge in [0, 0.05) is 25.9 Å². The highest BCUT2D eigenvalue weighted by molar-refractivity contribution is 5.78. The second kappa shape index (κ2) is 6.51. The van der Waals surface area contributed by atoms with Crippen molar-refractivity contribution in [2.45, 2.75) is 39.5 Å². The van der Waals surface area contributed by atoms with Gasteiger partial charge < -0.3 is 10.6 Å². The Hall–Kier alpha value is -1.06. The SMILES string of the molecule is CCNC(=O)C1CCC(CNC(C)=O)CC1. The molecule has 0 saturated heterocycles. The highest BCUT2D eigenvalue weighted by atomic mass is 16.2. The molecule has 16 heavy (non-hydrogen) atoms. The van der Waals surface area contributed by atoms with E-state index in [1.807, 2.05) is 6.92 Å². The molecule has 92 valence electrons. The molecule has 4 heteroatoms. The van der Waals surface area contributed by atoms with E-state index >= 15 is 0 Å². The standard InChI is InChI=1S/C12H22N2O2/c1-3-13-12(16)11-6-4-10(5-7-11)8-14-9(2)15/h10-11H,3-8H2,1-2H3,(H,13,16)(H,14,15). The largest absolute Gasteiger partial charge is 0.356 e. The molecule has 0 atom stereocenters. The van der Waals surface area contributed by atoms with Gasteiger partial charge >= 0.3 is 0 Å². The minimum Gasteiger partial charge on any atom is -0.356 e. The first-order valence-electron chi connectivity index (χ1n) is 6.15. The molecule has 0 bridgehead atoms. The molecule has 0 spiro atoms. The van der Waals surface area contributed by atoms with Crippen LogP contribution >= 0.6 is 0 Å². The fourth-order valence-corrected chi connectivity index (χ4v) is 2.24. The first kappa shape index (κ1) is 13.0. The smallest absolute Gasteiger partial charge is 0.223 e. The summed E-state index contributed by atoms with van der Waals surface area (Å²) in [7, 11) is 0. The lowest BCUT2D eigenvalue weighted by Gasteiger charge is -2.27. The third-order valence-electron chi connectivity index (χ3n) is 3.21. The third-order valence-corrected chi connectivity index (χ3v) is 3.21. The normalized spacial score (nSPS) is 24.9. The molecule has 1 fully saturated rings. The van der Waals surface area contributed by atoms with Crippen molar-refractivity contribution in [3.63, 3.8) is 0 Å². The number of carbonyl (C=O) groups is 2. The van der Waals surface area contributed by atoms with Crippen molar-refractivity contribution in [3.8, 4) is 0 Å². The predicted molar refractivity (Wildman–Crippen MR) is 62.8 cm³/mol. The van der Waals surface area contributed by atoms with Crippen molar-refractivity contribution in [2.75, 3.05) is 13.1 Å². The molecule has 2 amide bonds. The number of nitrogens with one attached hydrogen (secondary N) is 2. The lowest BCUT2D eigenvalue weighted by Crippen LogP contribution is -2.35. The topological polar surface area (TPSA) is 58.2 Å². The van der Waals surface area contributed by atoms with E-state index in [2.05, 4.69) is 10.6 Å². The minimum absolute atomic E-state index is 0.0332. The molecule has 0 aromatic rings. The van der Waals surface area contributed by atoms with Crippen LogP contribution in [0, 0.1) is 11.8 Å². The summed E-state index contributed by atoms with van der Waals surface area (Å²) in [6, 6.07) is 0. The molecule has 0 radical (unpaired) electrons. The molecule has 0 aromatic heterocycles. The Morgan fingerprint density at radius 2 is 1.75 bits per heavy atom. The Kier molecular flexibility index (Phi) is 5.29. The van der Waals surface area contributed by atoms with Crippen molar-refractivity contribution in [2.24, 2.45) is 11.8 Å². The van der Waals surface area contributed by atoms with E-state index in [9.17, 15) is 9.59 Å². The molecule has 0 unspecified atom stereocenters. The van der Waals surface area contributed by atoms with Crippen LogP contribution in [-0.4, -0.2) is 24.9 Å². The zero-order chi connectivity index (χ0) is 12.0. The summed E-state index contributed by atoms with van der Waals surface area (Å²) in [4.78, 5) is 22.4. The Morgan fingerprint density at radius 3 is 2.25 bits per heavy atom. The van der Waals surface area contributed by atoms with Crippen LogP contribution in [0.1, 0.15) is 39.5 Å². The molecule has 0 aliphatic heterocycles. The van der Waals surface area contributed by atoms with Crippen LogP contribution in [-0.2, 0) is 9.59 Å². The summed E-state index contributed by atoms with van der Waals surface area (Å²) in [5.74, 6) is 0.967. The number of amides is 2. The van der Waals surface area contributed by atoms with Crippen LogP contribution in [0.2, 0.25) is 0 Å². The van der Waals surface area contributed by atoms with Gasteiger partial charge in [0.25, 0.3) is 0 Å². The third kappa shape index (κ3) is 4.21. The van der Waals surface area contributed by atoms with E-state index in [1.165, 1.54) is 0 Å². The predicted octanol–water partition coefficient (Wildman–Crippen LogP) is 1.06. The highest BCUT2D eigenvalue weighted by Crippen LogP contribution is 2.28. The lowest BCUT2D eigenvalue weighted by molar-refractivity contribution is -0.126. The summed E-state index contributed by atoms with van der Waals surface area (Å²) in [6.45, 7) is 4.96. The molecule has 2 N–H and O–H groups in total. The monoisotopic (exact) mass is 226 g/mol. The number of rotatable bonds is 4. The zero-order valence-corrected chi connectivity index (χ0v) is 10.2. The minimum atomic E-state index is 0.0332. The average Bonchev–Trinajstić information content (AvgIpc) is 2.27. The summed E-state index contributed by atoms with van der Waals surface area (Å²) in [5, 5.41) is 5.72. The van der Waals surface area contributed by atoms with E-state index in [0.29, 0.717) is 12.5 Å². The van der Waals surface area contributed by atoms with Crippen LogP contribution in [0.4, 0.5) is 0 Å². The van der Waals surface area contributed by atoms with Crippen molar-refractivity contribution in [1.82, 2.24) is 10.6 Å². The van der Waals surface area contributed by atoms with Gasteiger partial charge in [0.15, 0.2) is 0 Å². The van der Waals surface area contributed by atoms with Gasteiger partial charge in [0.2, 0.25) is 11.8 Å². The van der Waals surface area contributed by atoms with Gasteiger partial charge in [0.1, 0.15) is 0 Å². The van der Waals surface area contributed by atoms with Gasteiger partial charge in [-0.1, -0.05) is 0 Å². The maximum atomic E-state index is 11.6. The first-order chi connectivity index (χ1) is 7.63. The molecule has 1 saturated carbocycles. The maximum absolute atomic E-state index is 11.6. The van der Waals surface area contributed by atoms with Crippen molar-refractivity contribution in [1.29, 1.82) is 0 Å². The van der Waals surface area contributed by atoms with Gasteiger partial charge in [-0.25, -0.2) is 0 Å². The van der Waals surface area contributed by atoms with Crippen LogP contribution in [0.3, 0.4) is 0 Å². The van der Waals surface area contributed by atoms with E-state index in [0.717, 1.165) is 32.2 Å². The number of carbonyl (C=O) groups excluding carboxylic acids is 2. The van der Waals surface area contributed by atoms with Gasteiger partial charge in [-0.15, -0.1) is 0 Å². The summed E-state index contributed by atoms with van der Waals surface area (Å²) < 4.78 is 0. The molecular weight excluding hydrogens is 204 g/mol. The fraction of sp³-hybridized carbons (Fsp3) is 0.833. The Bertz CT molecular complexity index is 245. The molecular formula is C12H22N2O2. The Morgan fingerprint density at radius 1 is 1.12 bits per heavy atom. The van der Waals surface area contributed by atoms with Crippen molar-refractivity contribution < 1.29 is 9.59 Å². The second-order valence-electron chi connectivity index (χ2n) is 4.55. The second-order valence-corrected chi connectivity index (χ2v) is 4.55. The fourth-order valence-electron chi connectivity index (χ4n) is 2.24. The quantitative estimate of drug-likeness (QED) is 0.753. The lowest BCUT2D eigenvalue weighted by atomic mass is 9.81. The van der Waals surface area contributed by atoms with E-state index in [1.54, 1.807) is 6.92 Å². The number of hydrogen-bond donors (Lipinski definition) is 2. The van der Waals surface area contributed by atoms with Gasteiger partial charge in [-0.05, 0) is 38.5 Å². The molecule has 4 nitrogen and oxygen atoms in total. The van der Waals surface area contributed by atoms with E-state index in [-0.39, 0.29) is 17.7 Å². The van der Waals surface area contributed by atoms with Gasteiger partial charge in [-0.3, -0.25) is 9.59 Å². The van der Waals surface area contributed by atoms with Gasteiger partial charge in [0.05, 0.1) is 0 Å². The Balaban J connectivity index is 2.23. The zero-order valence-electron chi connectivity index (χ0n) is 10.2. The molecule has 0 aromatic carbocycles. The van der Waals surface area contributed by atoms with Crippen molar-refractivity contribution in [3.05, 3.63) is 0 Å². The molecule has 1 rings (SSSR count). The van der Waals surface area contributed by atoms with E-state index in [4.69, 9.17) is 0 Å². The van der Waals surface area contributed by atoms with Crippen molar-refractivity contribution >= 4 is 11.8 Å². The molecule has 0 heterocycles. The highest BCUT2D eigenvalue weighted by Gasteiger charge is 2.25. The maximum Gasteiger partial charge on any atom is 0.223 e. The van der Waals surface area contributed by atoms with E-state index < -0.39 is 0 Å². The summed E-state index contributed by atoms with van der Waals surface area (Å²) >= 11 is 0. The van der Waals surface area contributed by atoms with Gasteiger partial charge in [-0.2, -0.15) is 0 Å². The molecule has 1 aliphatic carbocycles. The average molecular weight is 226 g/mol. The van der Waals surface area contributed by atoms with Crippen LogP contribution in [0.15, 0.2) is 0 Å². The first-order valence-corrected chi connectivity index (χ1v) is 6.15. The number of hydrogen-bond acceptors (Lipinski definition) is 2.